The summed E-state index contributed by atoms with van der Waals surface area (Å²) in [5, 5.41) is 9.30. The standard InChI is InChI=1S/C14H19N5OS/c1-3-15-14-17-12(11-5-7-21-13(11)18-14)19-6-4-10(8-19)16-9(2)20/h5,7,10H,3-4,6,8H2,1-2H3,(H,16,20)(H,15,17,18). The molecular formula is C14H19N5OS. The van der Waals surface area contributed by atoms with Crippen LogP contribution in [-0.2, 0) is 4.79 Å². The van der Waals surface area contributed by atoms with E-state index in [1.807, 2.05) is 12.3 Å². The minimum absolute atomic E-state index is 0.0264. The Balaban J connectivity index is 1.89. The van der Waals surface area contributed by atoms with Crippen molar-refractivity contribution in [2.24, 2.45) is 0 Å². The van der Waals surface area contributed by atoms with E-state index in [4.69, 9.17) is 0 Å². The highest BCUT2D eigenvalue weighted by Gasteiger charge is 2.26. The molecule has 0 spiro atoms. The number of fused-ring (bicyclic) bond motifs is 1. The van der Waals surface area contributed by atoms with E-state index in [9.17, 15) is 4.79 Å². The Hall–Kier alpha value is -1.89. The summed E-state index contributed by atoms with van der Waals surface area (Å²) in [4.78, 5) is 23.6. The second-order valence-electron chi connectivity index (χ2n) is 5.17. The van der Waals surface area contributed by atoms with Gasteiger partial charge in [-0.25, -0.2) is 4.98 Å². The molecule has 0 radical (unpaired) electrons. The third kappa shape index (κ3) is 2.92. The van der Waals surface area contributed by atoms with Gasteiger partial charge in [0.1, 0.15) is 10.6 Å². The Morgan fingerprint density at radius 3 is 3.14 bits per heavy atom. The highest BCUT2D eigenvalue weighted by Crippen LogP contribution is 2.31. The van der Waals surface area contributed by atoms with Gasteiger partial charge in [0.05, 0.1) is 5.39 Å². The summed E-state index contributed by atoms with van der Waals surface area (Å²) in [6, 6.07) is 2.27. The van der Waals surface area contributed by atoms with E-state index in [2.05, 4.69) is 31.6 Å². The van der Waals surface area contributed by atoms with Gasteiger partial charge in [0.25, 0.3) is 0 Å². The molecule has 6 nitrogen and oxygen atoms in total. The fourth-order valence-corrected chi connectivity index (χ4v) is 3.43. The first-order valence-electron chi connectivity index (χ1n) is 7.18. The molecule has 112 valence electrons. The van der Waals surface area contributed by atoms with Crippen LogP contribution in [0.5, 0.6) is 0 Å². The van der Waals surface area contributed by atoms with Crippen LogP contribution in [-0.4, -0.2) is 41.6 Å². The molecule has 1 fully saturated rings. The third-order valence-corrected chi connectivity index (χ3v) is 4.34. The second-order valence-corrected chi connectivity index (χ2v) is 6.07. The molecule has 7 heteroatoms. The lowest BCUT2D eigenvalue weighted by Gasteiger charge is -2.19. The molecule has 2 aromatic heterocycles. The molecule has 0 bridgehead atoms. The maximum Gasteiger partial charge on any atom is 0.226 e. The van der Waals surface area contributed by atoms with Gasteiger partial charge in [0, 0.05) is 32.6 Å². The van der Waals surface area contributed by atoms with Gasteiger partial charge in [-0.15, -0.1) is 11.3 Å². The van der Waals surface area contributed by atoms with E-state index in [1.165, 1.54) is 0 Å². The minimum Gasteiger partial charge on any atom is -0.354 e. The first kappa shape index (κ1) is 14.1. The molecule has 2 aromatic rings. The van der Waals surface area contributed by atoms with Crippen LogP contribution in [0.2, 0.25) is 0 Å². The average molecular weight is 305 g/mol. The number of rotatable bonds is 4. The Morgan fingerprint density at radius 1 is 1.52 bits per heavy atom. The molecule has 0 aromatic carbocycles. The Morgan fingerprint density at radius 2 is 2.38 bits per heavy atom. The van der Waals surface area contributed by atoms with Crippen molar-refractivity contribution in [1.82, 2.24) is 15.3 Å². The summed E-state index contributed by atoms with van der Waals surface area (Å²) in [6.07, 6.45) is 0.950. The van der Waals surface area contributed by atoms with Crippen molar-refractivity contribution in [3.05, 3.63) is 11.4 Å². The maximum absolute atomic E-state index is 11.2. The predicted molar refractivity (Wildman–Crippen MR) is 86.0 cm³/mol. The number of amides is 1. The molecule has 0 aliphatic carbocycles. The van der Waals surface area contributed by atoms with Gasteiger partial charge >= 0.3 is 0 Å². The summed E-state index contributed by atoms with van der Waals surface area (Å²) in [5.41, 5.74) is 0. The lowest BCUT2D eigenvalue weighted by atomic mass is 10.2. The Bertz CT molecular complexity index is 656. The zero-order valence-corrected chi connectivity index (χ0v) is 13.0. The Labute approximate surface area is 127 Å². The fourth-order valence-electron chi connectivity index (χ4n) is 2.68. The van der Waals surface area contributed by atoms with Crippen LogP contribution in [0.25, 0.3) is 10.2 Å². The highest BCUT2D eigenvalue weighted by molar-refractivity contribution is 7.16. The van der Waals surface area contributed by atoms with Gasteiger partial charge in [-0.3, -0.25) is 4.79 Å². The molecule has 3 heterocycles. The van der Waals surface area contributed by atoms with E-state index < -0.39 is 0 Å². The normalized spacial score (nSPS) is 18.2. The first-order chi connectivity index (χ1) is 10.2. The summed E-state index contributed by atoms with van der Waals surface area (Å²) >= 11 is 1.62. The lowest BCUT2D eigenvalue weighted by Crippen LogP contribution is -2.35. The smallest absolute Gasteiger partial charge is 0.226 e. The summed E-state index contributed by atoms with van der Waals surface area (Å²) in [6.45, 7) is 6.09. The lowest BCUT2D eigenvalue weighted by molar-refractivity contribution is -0.119. The number of aromatic nitrogens is 2. The molecular weight excluding hydrogens is 286 g/mol. The van der Waals surface area contributed by atoms with Crippen molar-refractivity contribution in [2.45, 2.75) is 26.3 Å². The number of hydrogen-bond donors (Lipinski definition) is 2. The van der Waals surface area contributed by atoms with Crippen LogP contribution in [0.3, 0.4) is 0 Å². The van der Waals surface area contributed by atoms with Gasteiger partial charge in [0.2, 0.25) is 11.9 Å². The molecule has 2 N–H and O–H groups in total. The zero-order chi connectivity index (χ0) is 14.8. The first-order valence-corrected chi connectivity index (χ1v) is 8.06. The van der Waals surface area contributed by atoms with Gasteiger partial charge in [0.15, 0.2) is 0 Å². The number of anilines is 2. The van der Waals surface area contributed by atoms with Crippen molar-refractivity contribution in [3.8, 4) is 0 Å². The van der Waals surface area contributed by atoms with E-state index in [1.54, 1.807) is 18.3 Å². The maximum atomic E-state index is 11.2. The third-order valence-electron chi connectivity index (χ3n) is 3.54. The zero-order valence-electron chi connectivity index (χ0n) is 12.2. The predicted octanol–water partition coefficient (Wildman–Crippen LogP) is 1.84. The molecule has 1 aliphatic rings. The largest absolute Gasteiger partial charge is 0.354 e. The number of thiophene rings is 1. The summed E-state index contributed by atoms with van der Waals surface area (Å²) < 4.78 is 0. The number of hydrogen-bond acceptors (Lipinski definition) is 6. The van der Waals surface area contributed by atoms with Crippen LogP contribution in [0.1, 0.15) is 20.3 Å². The van der Waals surface area contributed by atoms with Crippen molar-refractivity contribution < 1.29 is 4.79 Å². The average Bonchev–Trinajstić information content (AvgIpc) is 3.06. The van der Waals surface area contributed by atoms with Gasteiger partial charge in [-0.1, -0.05) is 0 Å². The molecule has 1 unspecified atom stereocenters. The van der Waals surface area contributed by atoms with Crippen LogP contribution < -0.4 is 15.5 Å². The molecule has 1 atom stereocenters. The molecule has 1 amide bonds. The monoisotopic (exact) mass is 305 g/mol. The number of nitrogens with zero attached hydrogens (tertiary/aromatic N) is 3. The van der Waals surface area contributed by atoms with E-state index in [-0.39, 0.29) is 11.9 Å². The molecule has 3 rings (SSSR count). The minimum atomic E-state index is 0.0264. The number of carbonyl (C=O) groups excluding carboxylic acids is 1. The Kier molecular flexibility index (Phi) is 3.92. The van der Waals surface area contributed by atoms with E-state index in [0.29, 0.717) is 5.95 Å². The molecule has 1 saturated heterocycles. The SMILES string of the molecule is CCNc1nc(N2CCC(NC(C)=O)C2)c2ccsc2n1. The van der Waals surface area contributed by atoms with E-state index in [0.717, 1.165) is 42.1 Å². The van der Waals surface area contributed by atoms with Gasteiger partial charge in [-0.2, -0.15) is 4.98 Å². The van der Waals surface area contributed by atoms with Crippen LogP contribution in [0.15, 0.2) is 11.4 Å². The van der Waals surface area contributed by atoms with E-state index >= 15 is 0 Å². The van der Waals surface area contributed by atoms with Gasteiger partial charge < -0.3 is 15.5 Å². The topological polar surface area (TPSA) is 70.2 Å². The van der Waals surface area contributed by atoms with Gasteiger partial charge in [-0.05, 0) is 24.8 Å². The van der Waals surface area contributed by atoms with Crippen molar-refractivity contribution >= 4 is 39.2 Å². The highest BCUT2D eigenvalue weighted by atomic mass is 32.1. The summed E-state index contributed by atoms with van der Waals surface area (Å²) in [5.74, 6) is 1.66. The molecule has 0 saturated carbocycles. The molecule has 21 heavy (non-hydrogen) atoms. The van der Waals surface area contributed by atoms with Crippen molar-refractivity contribution in [2.75, 3.05) is 29.9 Å². The number of nitrogens with one attached hydrogen (secondary N) is 2. The van der Waals surface area contributed by atoms with Crippen LogP contribution in [0, 0.1) is 0 Å². The second kappa shape index (κ2) is 5.85. The fraction of sp³-hybridized carbons (Fsp3) is 0.500. The quantitative estimate of drug-likeness (QED) is 0.902. The summed E-state index contributed by atoms with van der Waals surface area (Å²) in [7, 11) is 0. The van der Waals surface area contributed by atoms with Crippen LogP contribution in [0.4, 0.5) is 11.8 Å². The number of carbonyl (C=O) groups is 1. The van der Waals surface area contributed by atoms with Crippen LogP contribution >= 0.6 is 11.3 Å². The van der Waals surface area contributed by atoms with Crippen molar-refractivity contribution in [1.29, 1.82) is 0 Å². The molecule has 1 aliphatic heterocycles. The van der Waals surface area contributed by atoms with Crippen molar-refractivity contribution in [3.63, 3.8) is 0 Å².